The molecule has 0 fully saturated rings. The summed E-state index contributed by atoms with van der Waals surface area (Å²) in [5.74, 6) is 0.866. The van der Waals surface area contributed by atoms with E-state index in [1.165, 1.54) is 0 Å². The first-order valence-corrected chi connectivity index (χ1v) is 13.8. The molecule has 0 aliphatic carbocycles. The Bertz CT molecular complexity index is 2150. The van der Waals surface area contributed by atoms with Gasteiger partial charge in [0.15, 0.2) is 0 Å². The van der Waals surface area contributed by atoms with Crippen molar-refractivity contribution in [2.45, 2.75) is 0 Å². The Balaban J connectivity index is 0.00000300. The number of benzene rings is 5. The van der Waals surface area contributed by atoms with Crippen LogP contribution in [0.1, 0.15) is 0 Å². The van der Waals surface area contributed by atoms with Crippen molar-refractivity contribution in [3.8, 4) is 45.3 Å². The fourth-order valence-electron chi connectivity index (χ4n) is 5.59. The topological polar surface area (TPSA) is 53.5 Å². The third kappa shape index (κ3) is 4.61. The molecule has 0 radical (unpaired) electrons. The largest absolute Gasteiger partial charge is 2.00 e. The number of hydrogen-bond acceptors (Lipinski definition) is 3. The summed E-state index contributed by atoms with van der Waals surface area (Å²) in [5, 5.41) is 12.2. The number of rotatable bonds is 5. The molecule has 0 spiro atoms. The van der Waals surface area contributed by atoms with Gasteiger partial charge in [0.05, 0.1) is 5.82 Å². The Morgan fingerprint density at radius 3 is 1.95 bits per heavy atom. The molecule has 208 valence electrons. The van der Waals surface area contributed by atoms with Gasteiger partial charge in [-0.1, -0.05) is 84.4 Å². The molecule has 0 aliphatic rings. The molecule has 43 heavy (non-hydrogen) atoms. The Morgan fingerprint density at radius 2 is 1.28 bits per heavy atom. The van der Waals surface area contributed by atoms with Crippen molar-refractivity contribution >= 4 is 21.8 Å². The fourth-order valence-corrected chi connectivity index (χ4v) is 5.59. The zero-order valence-electron chi connectivity index (χ0n) is 23.1. The summed E-state index contributed by atoms with van der Waals surface area (Å²) in [5.41, 5.74) is 8.29. The van der Waals surface area contributed by atoms with Crippen LogP contribution >= 0.6 is 0 Å². The molecule has 7 heteroatoms. The zero-order valence-corrected chi connectivity index (χ0v) is 25.4. The third-order valence-electron chi connectivity index (χ3n) is 7.57. The maximum Gasteiger partial charge on any atom is 2.00 e. The average Bonchev–Trinajstić information content (AvgIpc) is 3.77. The molecule has 0 atom stereocenters. The number of hydrogen-bond donors (Lipinski definition) is 0. The van der Waals surface area contributed by atoms with Crippen LogP contribution in [0.5, 0.6) is 0 Å². The smallest absolute Gasteiger partial charge is 0.373 e. The van der Waals surface area contributed by atoms with Crippen LogP contribution in [0.4, 0.5) is 0 Å². The van der Waals surface area contributed by atoms with E-state index in [1.54, 1.807) is 11.0 Å². The van der Waals surface area contributed by atoms with Crippen molar-refractivity contribution in [2.24, 2.45) is 7.05 Å². The van der Waals surface area contributed by atoms with Crippen molar-refractivity contribution in [1.29, 1.82) is 0 Å². The average molecular weight is 736 g/mol. The fraction of sp³-hybridized carbons (Fsp3) is 0.0278. The quantitative estimate of drug-likeness (QED) is 0.171. The molecule has 3 heterocycles. The van der Waals surface area contributed by atoms with Crippen LogP contribution in [0.2, 0.25) is 0 Å². The van der Waals surface area contributed by atoms with Crippen LogP contribution in [0.25, 0.3) is 67.1 Å². The van der Waals surface area contributed by atoms with E-state index in [1.807, 2.05) is 72.4 Å². The molecular weight excluding hydrogens is 712 g/mol. The molecular formula is C36H24N6Pt. The first-order chi connectivity index (χ1) is 20.7. The van der Waals surface area contributed by atoms with Crippen molar-refractivity contribution in [3.63, 3.8) is 0 Å². The molecule has 3 aromatic heterocycles. The molecule has 0 bridgehead atoms. The minimum Gasteiger partial charge on any atom is -0.373 e. The van der Waals surface area contributed by atoms with Gasteiger partial charge in [-0.3, -0.25) is 4.98 Å². The first-order valence-electron chi connectivity index (χ1n) is 13.8. The molecule has 5 aromatic carbocycles. The molecule has 8 aromatic rings. The Hall–Kier alpha value is -5.06. The molecule has 6 nitrogen and oxygen atoms in total. The van der Waals surface area contributed by atoms with Crippen LogP contribution in [-0.2, 0) is 28.1 Å². The third-order valence-corrected chi connectivity index (χ3v) is 7.57. The number of aromatic nitrogens is 6. The summed E-state index contributed by atoms with van der Waals surface area (Å²) in [6.07, 6.45) is 3.75. The first kappa shape index (κ1) is 26.8. The summed E-state index contributed by atoms with van der Waals surface area (Å²) >= 11 is 0. The molecule has 8 rings (SSSR count). The summed E-state index contributed by atoms with van der Waals surface area (Å²) in [6, 6.07) is 46.4. The summed E-state index contributed by atoms with van der Waals surface area (Å²) in [7, 11) is 1.99. The number of imidazole rings is 1. The maximum atomic E-state index is 4.99. The van der Waals surface area contributed by atoms with Gasteiger partial charge in [-0.05, 0) is 22.8 Å². The van der Waals surface area contributed by atoms with E-state index >= 15 is 0 Å². The van der Waals surface area contributed by atoms with Gasteiger partial charge in [0.2, 0.25) is 0 Å². The summed E-state index contributed by atoms with van der Waals surface area (Å²) in [6.45, 7) is 0. The Kier molecular flexibility index (Phi) is 6.84. The van der Waals surface area contributed by atoms with Gasteiger partial charge in [-0.2, -0.15) is 10.9 Å². The zero-order chi connectivity index (χ0) is 28.0. The number of para-hydroxylation sites is 1. The van der Waals surface area contributed by atoms with Crippen LogP contribution in [0, 0.1) is 12.1 Å². The van der Waals surface area contributed by atoms with E-state index in [4.69, 9.17) is 10.2 Å². The second kappa shape index (κ2) is 11.0. The molecule has 0 amide bonds. The van der Waals surface area contributed by atoms with Crippen LogP contribution < -0.4 is 0 Å². The standard InChI is InChI=1S/C36H24N6.Pt/c1-40-22-21-37-36(40)27-15-10-16-28(23-27)41-32-18-9-8-17-30(32)31-20-19-29(24-33(31)41)42-38-34(25-11-4-2-5-12-25)35(39-42)26-13-6-3-7-14-26;/h2-22H,1H3;/q-2;+2. The number of fused-ring (bicyclic) bond motifs is 3. The van der Waals surface area contributed by atoms with Crippen molar-refractivity contribution in [3.05, 3.63) is 140 Å². The van der Waals surface area contributed by atoms with Crippen molar-refractivity contribution in [2.75, 3.05) is 0 Å². The predicted molar refractivity (Wildman–Crippen MR) is 166 cm³/mol. The van der Waals surface area contributed by atoms with Gasteiger partial charge in [-0.15, -0.1) is 57.5 Å². The SMILES string of the molecule is Cn1ccnc1-c1[c-]c(-n2c3[c-]c(-n4nc(-c5ccccc5)c(-c5ccccc5)n4)ccc3c3ccccc32)ccc1.[Pt+2]. The van der Waals surface area contributed by atoms with E-state index in [-0.39, 0.29) is 21.1 Å². The van der Waals surface area contributed by atoms with Crippen molar-refractivity contribution < 1.29 is 21.1 Å². The van der Waals surface area contributed by atoms with Gasteiger partial charge in [-0.25, -0.2) is 0 Å². The molecule has 0 saturated heterocycles. The van der Waals surface area contributed by atoms with Crippen LogP contribution in [-0.4, -0.2) is 29.1 Å². The minimum absolute atomic E-state index is 0. The van der Waals surface area contributed by atoms with E-state index in [9.17, 15) is 0 Å². The minimum atomic E-state index is 0. The van der Waals surface area contributed by atoms with Gasteiger partial charge in [0.25, 0.3) is 0 Å². The van der Waals surface area contributed by atoms with Crippen LogP contribution in [0.3, 0.4) is 0 Å². The Morgan fingerprint density at radius 1 is 0.605 bits per heavy atom. The monoisotopic (exact) mass is 735 g/mol. The van der Waals surface area contributed by atoms with Crippen molar-refractivity contribution in [1.82, 2.24) is 29.1 Å². The number of nitrogens with zero attached hydrogens (tertiary/aromatic N) is 6. The van der Waals surface area contributed by atoms with Crippen LogP contribution in [0.15, 0.2) is 128 Å². The van der Waals surface area contributed by atoms with E-state index < -0.39 is 0 Å². The van der Waals surface area contributed by atoms with Gasteiger partial charge < -0.3 is 9.13 Å². The molecule has 0 N–H and O–H groups in total. The second-order valence-corrected chi connectivity index (χ2v) is 10.2. The van der Waals surface area contributed by atoms with Gasteiger partial charge >= 0.3 is 21.1 Å². The summed E-state index contributed by atoms with van der Waals surface area (Å²) < 4.78 is 4.21. The molecule has 0 unspecified atom stereocenters. The number of aryl methyl sites for hydroxylation is 1. The van der Waals surface area contributed by atoms with Gasteiger partial charge in [0.1, 0.15) is 11.4 Å². The molecule has 0 saturated carbocycles. The van der Waals surface area contributed by atoms with E-state index in [0.717, 1.165) is 67.1 Å². The summed E-state index contributed by atoms with van der Waals surface area (Å²) in [4.78, 5) is 6.24. The predicted octanol–water partition coefficient (Wildman–Crippen LogP) is 7.70. The molecule has 0 aliphatic heterocycles. The maximum absolute atomic E-state index is 4.99. The van der Waals surface area contributed by atoms with E-state index in [0.29, 0.717) is 0 Å². The van der Waals surface area contributed by atoms with E-state index in [2.05, 4.69) is 82.3 Å². The second-order valence-electron chi connectivity index (χ2n) is 10.2. The normalized spacial score (nSPS) is 11.2. The Labute approximate surface area is 263 Å². The van der Waals surface area contributed by atoms with Gasteiger partial charge in [0, 0.05) is 36.1 Å².